The second kappa shape index (κ2) is 7.57. The molecular formula is C14H13F3N2O5S. The van der Waals surface area contributed by atoms with Crippen LogP contribution in [0.15, 0.2) is 52.0 Å². The van der Waals surface area contributed by atoms with E-state index in [2.05, 4.69) is 14.8 Å². The number of para-hydroxylation sites is 1. The zero-order valence-corrected chi connectivity index (χ0v) is 13.4. The molecule has 0 atom stereocenters. The number of ether oxygens (including phenoxy) is 1. The van der Waals surface area contributed by atoms with Crippen LogP contribution in [0.4, 0.5) is 13.2 Å². The van der Waals surface area contributed by atoms with Crippen LogP contribution in [0.25, 0.3) is 0 Å². The van der Waals surface area contributed by atoms with Gasteiger partial charge in [-0.3, -0.25) is 4.79 Å². The lowest BCUT2D eigenvalue weighted by Gasteiger charge is -2.14. The maximum atomic E-state index is 12.3. The minimum Gasteiger partial charge on any atom is -0.459 e. The predicted octanol–water partition coefficient (Wildman–Crippen LogP) is 1.89. The first kappa shape index (κ1) is 18.8. The number of halogens is 3. The Kier molecular flexibility index (Phi) is 5.69. The van der Waals surface area contributed by atoms with E-state index in [1.165, 1.54) is 30.5 Å². The van der Waals surface area contributed by atoms with Crippen molar-refractivity contribution in [1.29, 1.82) is 0 Å². The monoisotopic (exact) mass is 378 g/mol. The molecule has 7 nitrogen and oxygen atoms in total. The van der Waals surface area contributed by atoms with Crippen LogP contribution in [-0.2, 0) is 10.0 Å². The summed E-state index contributed by atoms with van der Waals surface area (Å²) in [5.41, 5.74) is 0. The van der Waals surface area contributed by atoms with Gasteiger partial charge in [0.15, 0.2) is 5.76 Å². The molecule has 0 unspecified atom stereocenters. The molecule has 1 heterocycles. The van der Waals surface area contributed by atoms with E-state index < -0.39 is 32.9 Å². The Morgan fingerprint density at radius 2 is 1.84 bits per heavy atom. The van der Waals surface area contributed by atoms with E-state index in [1.54, 1.807) is 0 Å². The number of nitrogens with one attached hydrogen (secondary N) is 2. The van der Waals surface area contributed by atoms with E-state index in [0.29, 0.717) is 0 Å². The van der Waals surface area contributed by atoms with Crippen LogP contribution in [-0.4, -0.2) is 33.8 Å². The molecule has 0 bridgehead atoms. The first-order valence-corrected chi connectivity index (χ1v) is 8.33. The molecule has 0 fully saturated rings. The molecule has 2 rings (SSSR count). The lowest BCUT2D eigenvalue weighted by molar-refractivity contribution is -0.275. The Bertz CT molecular complexity index is 819. The summed E-state index contributed by atoms with van der Waals surface area (Å²) in [5.74, 6) is -1.35. The van der Waals surface area contributed by atoms with E-state index in [9.17, 15) is 26.4 Å². The summed E-state index contributed by atoms with van der Waals surface area (Å²) in [5, 5.41) is 2.39. The molecule has 0 saturated heterocycles. The molecule has 136 valence electrons. The lowest BCUT2D eigenvalue weighted by atomic mass is 10.3. The number of rotatable bonds is 7. The molecule has 0 aliphatic rings. The highest BCUT2D eigenvalue weighted by molar-refractivity contribution is 7.89. The average molecular weight is 378 g/mol. The van der Waals surface area contributed by atoms with Gasteiger partial charge < -0.3 is 14.5 Å². The third-order valence-electron chi connectivity index (χ3n) is 2.81. The number of furan rings is 1. The summed E-state index contributed by atoms with van der Waals surface area (Å²) in [6.07, 6.45) is -3.72. The van der Waals surface area contributed by atoms with Crippen molar-refractivity contribution in [2.75, 3.05) is 13.1 Å². The minimum atomic E-state index is -5.03. The number of carbonyl (C=O) groups excluding carboxylic acids is 1. The molecule has 25 heavy (non-hydrogen) atoms. The standard InChI is InChI=1S/C14H13F3N2O5S/c15-14(16,17)24-10-4-1-2-6-12(10)25(21,22)19-8-7-18-13(20)11-5-3-9-23-11/h1-6,9,19H,7-8H2,(H,18,20). The Morgan fingerprint density at radius 1 is 1.12 bits per heavy atom. The van der Waals surface area contributed by atoms with Crippen LogP contribution in [0.3, 0.4) is 0 Å². The SMILES string of the molecule is O=C(NCCNS(=O)(=O)c1ccccc1OC(F)(F)F)c1ccco1. The fraction of sp³-hybridized carbons (Fsp3) is 0.214. The smallest absolute Gasteiger partial charge is 0.459 e. The minimum absolute atomic E-state index is 0.0479. The van der Waals surface area contributed by atoms with Crippen molar-refractivity contribution in [3.8, 4) is 5.75 Å². The van der Waals surface area contributed by atoms with E-state index in [1.807, 2.05) is 0 Å². The third-order valence-corrected chi connectivity index (χ3v) is 4.31. The number of hydrogen-bond donors (Lipinski definition) is 2. The van der Waals surface area contributed by atoms with Gasteiger partial charge in [-0.25, -0.2) is 13.1 Å². The summed E-state index contributed by atoms with van der Waals surface area (Å²) >= 11 is 0. The zero-order valence-electron chi connectivity index (χ0n) is 12.5. The molecule has 1 aromatic carbocycles. The summed E-state index contributed by atoms with van der Waals surface area (Å²) in [4.78, 5) is 10.9. The molecule has 0 saturated carbocycles. The Hall–Kier alpha value is -2.53. The zero-order chi connectivity index (χ0) is 18.5. The first-order chi connectivity index (χ1) is 11.7. The van der Waals surface area contributed by atoms with Gasteiger partial charge in [0.1, 0.15) is 10.6 Å². The highest BCUT2D eigenvalue weighted by Gasteiger charge is 2.33. The predicted molar refractivity (Wildman–Crippen MR) is 79.4 cm³/mol. The largest absolute Gasteiger partial charge is 0.573 e. The van der Waals surface area contributed by atoms with Crippen molar-refractivity contribution in [2.45, 2.75) is 11.3 Å². The summed E-state index contributed by atoms with van der Waals surface area (Å²) in [6, 6.07) is 7.27. The number of hydrogen-bond acceptors (Lipinski definition) is 5. The molecule has 0 aliphatic carbocycles. The summed E-state index contributed by atoms with van der Waals surface area (Å²) < 4.78 is 71.9. The normalized spacial score (nSPS) is 12.0. The van der Waals surface area contributed by atoms with Gasteiger partial charge in [-0.05, 0) is 24.3 Å². The number of sulfonamides is 1. The number of alkyl halides is 3. The van der Waals surface area contributed by atoms with Gasteiger partial charge in [0, 0.05) is 13.1 Å². The Labute approximate surface area is 140 Å². The van der Waals surface area contributed by atoms with Gasteiger partial charge in [-0.1, -0.05) is 12.1 Å². The highest BCUT2D eigenvalue weighted by atomic mass is 32.2. The Morgan fingerprint density at radius 3 is 2.48 bits per heavy atom. The average Bonchev–Trinajstić information content (AvgIpc) is 3.04. The van der Waals surface area contributed by atoms with E-state index in [-0.39, 0.29) is 18.8 Å². The van der Waals surface area contributed by atoms with Gasteiger partial charge in [-0.2, -0.15) is 0 Å². The Balaban J connectivity index is 1.97. The van der Waals surface area contributed by atoms with Crippen molar-refractivity contribution in [2.24, 2.45) is 0 Å². The second-order valence-electron chi connectivity index (χ2n) is 4.63. The number of amides is 1. The molecule has 2 aromatic rings. The van der Waals surface area contributed by atoms with Gasteiger partial charge >= 0.3 is 6.36 Å². The maximum absolute atomic E-state index is 12.3. The van der Waals surface area contributed by atoms with Crippen LogP contribution in [0.2, 0.25) is 0 Å². The van der Waals surface area contributed by atoms with E-state index in [0.717, 1.165) is 12.1 Å². The van der Waals surface area contributed by atoms with Crippen molar-refractivity contribution < 1.29 is 35.5 Å². The van der Waals surface area contributed by atoms with Gasteiger partial charge in [0.05, 0.1) is 6.26 Å². The number of carbonyl (C=O) groups is 1. The van der Waals surface area contributed by atoms with Crippen molar-refractivity contribution >= 4 is 15.9 Å². The summed E-state index contributed by atoms with van der Waals surface area (Å²) in [7, 11) is -4.26. The number of benzene rings is 1. The van der Waals surface area contributed by atoms with E-state index >= 15 is 0 Å². The maximum Gasteiger partial charge on any atom is 0.573 e. The van der Waals surface area contributed by atoms with Crippen LogP contribution in [0.1, 0.15) is 10.6 Å². The molecule has 0 aliphatic heterocycles. The molecular weight excluding hydrogens is 365 g/mol. The fourth-order valence-electron chi connectivity index (χ4n) is 1.82. The highest BCUT2D eigenvalue weighted by Crippen LogP contribution is 2.29. The fourth-order valence-corrected chi connectivity index (χ4v) is 2.97. The lowest BCUT2D eigenvalue weighted by Crippen LogP contribution is -2.35. The molecule has 1 aromatic heterocycles. The van der Waals surface area contributed by atoms with Crippen LogP contribution < -0.4 is 14.8 Å². The van der Waals surface area contributed by atoms with Gasteiger partial charge in [-0.15, -0.1) is 13.2 Å². The quantitative estimate of drug-likeness (QED) is 0.717. The topological polar surface area (TPSA) is 97.6 Å². The van der Waals surface area contributed by atoms with Crippen molar-refractivity contribution in [1.82, 2.24) is 10.0 Å². The van der Waals surface area contributed by atoms with Crippen LogP contribution in [0, 0.1) is 0 Å². The molecule has 11 heteroatoms. The van der Waals surface area contributed by atoms with Crippen molar-refractivity contribution in [3.05, 3.63) is 48.4 Å². The third kappa shape index (κ3) is 5.50. The first-order valence-electron chi connectivity index (χ1n) is 6.85. The molecule has 0 radical (unpaired) electrons. The van der Waals surface area contributed by atoms with Crippen LogP contribution in [0.5, 0.6) is 5.75 Å². The van der Waals surface area contributed by atoms with Crippen molar-refractivity contribution in [3.63, 3.8) is 0 Å². The van der Waals surface area contributed by atoms with Crippen LogP contribution >= 0.6 is 0 Å². The second-order valence-corrected chi connectivity index (χ2v) is 6.36. The molecule has 2 N–H and O–H groups in total. The molecule has 0 spiro atoms. The molecule has 1 amide bonds. The van der Waals surface area contributed by atoms with E-state index in [4.69, 9.17) is 4.42 Å². The summed E-state index contributed by atoms with van der Waals surface area (Å²) in [6.45, 7) is -0.337. The van der Waals surface area contributed by atoms with Gasteiger partial charge in [0.25, 0.3) is 5.91 Å². The van der Waals surface area contributed by atoms with Gasteiger partial charge in [0.2, 0.25) is 10.0 Å².